The maximum Gasteiger partial charge on any atom is 0.270 e. The van der Waals surface area contributed by atoms with Gasteiger partial charge in [-0.1, -0.05) is 48.5 Å². The van der Waals surface area contributed by atoms with Crippen molar-refractivity contribution in [3.8, 4) is 0 Å². The lowest BCUT2D eigenvalue weighted by molar-refractivity contribution is -0.121. The average Bonchev–Trinajstić information content (AvgIpc) is 2.61. The van der Waals surface area contributed by atoms with Gasteiger partial charge in [0.05, 0.1) is 6.42 Å². The predicted molar refractivity (Wildman–Crippen MR) is 89.7 cm³/mol. The van der Waals surface area contributed by atoms with Crippen molar-refractivity contribution in [2.24, 2.45) is 0 Å². The standard InChI is InChI=1S/C19H15FN2O2/c20-15-10-8-13(9-11-15)12-18(23)21-22-19(24)17-7-3-5-14-4-1-2-6-16(14)17/h1-11H,12H2,(H,21,23)(H,22,24). The number of nitrogens with one attached hydrogen (secondary N) is 2. The van der Waals surface area contributed by atoms with Crippen molar-refractivity contribution in [2.45, 2.75) is 6.42 Å². The number of amides is 2. The second-order valence-corrected chi connectivity index (χ2v) is 5.33. The molecule has 0 bridgehead atoms. The summed E-state index contributed by atoms with van der Waals surface area (Å²) in [5.74, 6) is -1.13. The molecule has 0 heterocycles. The van der Waals surface area contributed by atoms with Gasteiger partial charge in [0.25, 0.3) is 5.91 Å². The van der Waals surface area contributed by atoms with Gasteiger partial charge in [-0.2, -0.15) is 0 Å². The highest BCUT2D eigenvalue weighted by Gasteiger charge is 2.11. The fourth-order valence-corrected chi connectivity index (χ4v) is 2.45. The molecule has 0 spiro atoms. The molecule has 0 radical (unpaired) electrons. The minimum atomic E-state index is -0.390. The van der Waals surface area contributed by atoms with Crippen molar-refractivity contribution >= 4 is 22.6 Å². The number of rotatable bonds is 3. The summed E-state index contributed by atoms with van der Waals surface area (Å²) in [6.45, 7) is 0. The first-order chi connectivity index (χ1) is 11.6. The third kappa shape index (κ3) is 3.57. The van der Waals surface area contributed by atoms with Crippen LogP contribution in [0, 0.1) is 5.82 Å². The van der Waals surface area contributed by atoms with Crippen molar-refractivity contribution in [3.05, 3.63) is 83.7 Å². The number of carbonyl (C=O) groups excluding carboxylic acids is 2. The number of benzene rings is 3. The largest absolute Gasteiger partial charge is 0.273 e. The number of hydrazine groups is 1. The Kier molecular flexibility index (Phi) is 4.52. The Balaban J connectivity index is 1.64. The normalized spacial score (nSPS) is 10.4. The number of hydrogen-bond acceptors (Lipinski definition) is 2. The van der Waals surface area contributed by atoms with Gasteiger partial charge in [0.15, 0.2) is 0 Å². The summed E-state index contributed by atoms with van der Waals surface area (Å²) in [4.78, 5) is 24.2. The van der Waals surface area contributed by atoms with Gasteiger partial charge in [-0.15, -0.1) is 0 Å². The molecule has 4 nitrogen and oxygen atoms in total. The molecule has 24 heavy (non-hydrogen) atoms. The van der Waals surface area contributed by atoms with Gasteiger partial charge in [-0.25, -0.2) is 4.39 Å². The van der Waals surface area contributed by atoms with E-state index in [0.29, 0.717) is 11.1 Å². The Morgan fingerprint density at radius 2 is 1.54 bits per heavy atom. The van der Waals surface area contributed by atoms with Crippen LogP contribution in [0.2, 0.25) is 0 Å². The minimum Gasteiger partial charge on any atom is -0.273 e. The van der Waals surface area contributed by atoms with Crippen LogP contribution in [-0.4, -0.2) is 11.8 Å². The summed E-state index contributed by atoms with van der Waals surface area (Å²) in [7, 11) is 0. The smallest absolute Gasteiger partial charge is 0.270 e. The van der Waals surface area contributed by atoms with Crippen LogP contribution in [0.25, 0.3) is 10.8 Å². The van der Waals surface area contributed by atoms with E-state index >= 15 is 0 Å². The molecule has 2 N–H and O–H groups in total. The first-order valence-electron chi connectivity index (χ1n) is 7.45. The molecule has 0 fully saturated rings. The van der Waals surface area contributed by atoms with Crippen molar-refractivity contribution in [2.75, 3.05) is 0 Å². The molecule has 0 saturated heterocycles. The van der Waals surface area contributed by atoms with E-state index in [0.717, 1.165) is 10.8 Å². The van der Waals surface area contributed by atoms with E-state index in [1.807, 2.05) is 30.3 Å². The second-order valence-electron chi connectivity index (χ2n) is 5.33. The van der Waals surface area contributed by atoms with E-state index in [2.05, 4.69) is 10.9 Å². The lowest BCUT2D eigenvalue weighted by Gasteiger charge is -2.09. The molecule has 0 aliphatic rings. The number of halogens is 1. The van der Waals surface area contributed by atoms with Crippen molar-refractivity contribution in [3.63, 3.8) is 0 Å². The Morgan fingerprint density at radius 3 is 2.33 bits per heavy atom. The molecule has 0 saturated carbocycles. The first kappa shape index (κ1) is 15.7. The minimum absolute atomic E-state index is 0.0517. The lowest BCUT2D eigenvalue weighted by Crippen LogP contribution is -2.42. The quantitative estimate of drug-likeness (QED) is 0.728. The third-order valence-corrected chi connectivity index (χ3v) is 3.63. The van der Waals surface area contributed by atoms with Crippen LogP contribution in [0.3, 0.4) is 0 Å². The van der Waals surface area contributed by atoms with Gasteiger partial charge in [-0.3, -0.25) is 20.4 Å². The highest BCUT2D eigenvalue weighted by molar-refractivity contribution is 6.07. The van der Waals surface area contributed by atoms with Gasteiger partial charge < -0.3 is 0 Å². The molecule has 3 aromatic rings. The molecule has 3 rings (SSSR count). The first-order valence-corrected chi connectivity index (χ1v) is 7.45. The average molecular weight is 322 g/mol. The Bertz CT molecular complexity index is 886. The zero-order chi connectivity index (χ0) is 16.9. The summed E-state index contributed by atoms with van der Waals surface area (Å²) < 4.78 is 12.8. The maximum atomic E-state index is 12.8. The number of carbonyl (C=O) groups is 2. The second kappa shape index (κ2) is 6.91. The highest BCUT2D eigenvalue weighted by atomic mass is 19.1. The topological polar surface area (TPSA) is 58.2 Å². The Hall–Kier alpha value is -3.21. The summed E-state index contributed by atoms with van der Waals surface area (Å²) in [5.41, 5.74) is 5.93. The van der Waals surface area contributed by atoms with Crippen LogP contribution in [0.1, 0.15) is 15.9 Å². The van der Waals surface area contributed by atoms with Crippen molar-refractivity contribution in [1.29, 1.82) is 0 Å². The zero-order valence-electron chi connectivity index (χ0n) is 12.8. The van der Waals surface area contributed by atoms with E-state index in [1.54, 1.807) is 12.1 Å². The van der Waals surface area contributed by atoms with E-state index in [4.69, 9.17) is 0 Å². The van der Waals surface area contributed by atoms with Crippen LogP contribution >= 0.6 is 0 Å². The zero-order valence-corrected chi connectivity index (χ0v) is 12.8. The molecule has 0 aromatic heterocycles. The Labute approximate surface area is 138 Å². The van der Waals surface area contributed by atoms with Crippen LogP contribution in [0.4, 0.5) is 4.39 Å². The highest BCUT2D eigenvalue weighted by Crippen LogP contribution is 2.18. The fourth-order valence-electron chi connectivity index (χ4n) is 2.45. The van der Waals surface area contributed by atoms with E-state index in [9.17, 15) is 14.0 Å². The van der Waals surface area contributed by atoms with Crippen LogP contribution < -0.4 is 10.9 Å². The molecule has 2 amide bonds. The summed E-state index contributed by atoms with van der Waals surface area (Å²) in [6.07, 6.45) is 0.0517. The molecular formula is C19H15FN2O2. The number of fused-ring (bicyclic) bond motifs is 1. The molecule has 0 aliphatic carbocycles. The molecule has 0 aliphatic heterocycles. The summed E-state index contributed by atoms with van der Waals surface area (Å²) in [5, 5.41) is 1.76. The van der Waals surface area contributed by atoms with Gasteiger partial charge in [0, 0.05) is 5.56 Å². The van der Waals surface area contributed by atoms with Gasteiger partial charge >= 0.3 is 0 Å². The predicted octanol–water partition coefficient (Wildman–Crippen LogP) is 2.98. The third-order valence-electron chi connectivity index (χ3n) is 3.63. The van der Waals surface area contributed by atoms with Gasteiger partial charge in [0.1, 0.15) is 5.82 Å². The van der Waals surface area contributed by atoms with Gasteiger partial charge in [0.2, 0.25) is 5.91 Å². The van der Waals surface area contributed by atoms with E-state index in [1.165, 1.54) is 24.3 Å². The molecule has 0 atom stereocenters. The Morgan fingerprint density at radius 1 is 0.833 bits per heavy atom. The fraction of sp³-hybridized carbons (Fsp3) is 0.0526. The summed E-state index contributed by atoms with van der Waals surface area (Å²) >= 11 is 0. The maximum absolute atomic E-state index is 12.8. The molecular weight excluding hydrogens is 307 g/mol. The molecule has 120 valence electrons. The van der Waals surface area contributed by atoms with E-state index < -0.39 is 0 Å². The lowest BCUT2D eigenvalue weighted by atomic mass is 10.0. The van der Waals surface area contributed by atoms with Crippen molar-refractivity contribution < 1.29 is 14.0 Å². The van der Waals surface area contributed by atoms with Crippen LogP contribution in [0.5, 0.6) is 0 Å². The monoisotopic (exact) mass is 322 g/mol. The van der Waals surface area contributed by atoms with Crippen LogP contribution in [-0.2, 0) is 11.2 Å². The van der Waals surface area contributed by atoms with Gasteiger partial charge in [-0.05, 0) is 34.5 Å². The SMILES string of the molecule is O=C(Cc1ccc(F)cc1)NNC(=O)c1cccc2ccccc12. The number of hydrogen-bond donors (Lipinski definition) is 2. The molecule has 5 heteroatoms. The molecule has 0 unspecified atom stereocenters. The molecule has 3 aromatic carbocycles. The van der Waals surface area contributed by atoms with Crippen molar-refractivity contribution in [1.82, 2.24) is 10.9 Å². The summed E-state index contributed by atoms with van der Waals surface area (Å²) in [6, 6.07) is 18.6. The van der Waals surface area contributed by atoms with Crippen LogP contribution in [0.15, 0.2) is 66.7 Å². The van der Waals surface area contributed by atoms with E-state index in [-0.39, 0.29) is 24.1 Å².